The number of nitrogens with one attached hydrogen (secondary N) is 2. The highest BCUT2D eigenvalue weighted by Gasteiger charge is 2.17. The number of anilines is 2. The summed E-state index contributed by atoms with van der Waals surface area (Å²) in [6.07, 6.45) is 0.540. The zero-order valence-electron chi connectivity index (χ0n) is 12.3. The third-order valence-corrected chi connectivity index (χ3v) is 5.47. The van der Waals surface area contributed by atoms with Gasteiger partial charge in [-0.05, 0) is 24.6 Å². The van der Waals surface area contributed by atoms with Gasteiger partial charge in [0.1, 0.15) is 5.75 Å². The van der Waals surface area contributed by atoms with Crippen LogP contribution in [-0.4, -0.2) is 31.7 Å². The summed E-state index contributed by atoms with van der Waals surface area (Å²) in [7, 11) is -3.35. The van der Waals surface area contributed by atoms with Gasteiger partial charge in [-0.25, -0.2) is 13.4 Å². The van der Waals surface area contributed by atoms with Crippen LogP contribution < -0.4 is 14.8 Å². The number of fused-ring (bicyclic) bond motifs is 1. The van der Waals surface area contributed by atoms with E-state index in [1.807, 2.05) is 6.07 Å². The first kappa shape index (κ1) is 15.8. The van der Waals surface area contributed by atoms with Gasteiger partial charge in [0.05, 0.1) is 17.1 Å². The maximum absolute atomic E-state index is 11.8. The van der Waals surface area contributed by atoms with Gasteiger partial charge in [-0.15, -0.1) is 11.3 Å². The minimum absolute atomic E-state index is 0.00635. The lowest BCUT2D eigenvalue weighted by atomic mass is 10.1. The number of hydrogen-bond acceptors (Lipinski definition) is 6. The van der Waals surface area contributed by atoms with Crippen molar-refractivity contribution in [2.24, 2.45) is 0 Å². The molecule has 1 amide bonds. The van der Waals surface area contributed by atoms with Crippen LogP contribution >= 0.6 is 11.3 Å². The molecule has 1 aromatic carbocycles. The van der Waals surface area contributed by atoms with E-state index in [1.54, 1.807) is 24.4 Å². The Morgan fingerprint density at radius 3 is 3.04 bits per heavy atom. The summed E-state index contributed by atoms with van der Waals surface area (Å²) in [5.74, 6) is 0.456. The van der Waals surface area contributed by atoms with Crippen molar-refractivity contribution in [1.29, 1.82) is 0 Å². The molecule has 0 saturated carbocycles. The van der Waals surface area contributed by atoms with Gasteiger partial charge in [-0.2, -0.15) is 0 Å². The molecule has 23 heavy (non-hydrogen) atoms. The molecule has 0 saturated heterocycles. The number of benzene rings is 1. The number of carbonyl (C=O) groups excluding carboxylic acids is 1. The van der Waals surface area contributed by atoms with E-state index in [9.17, 15) is 13.2 Å². The summed E-state index contributed by atoms with van der Waals surface area (Å²) in [4.78, 5) is 15.7. The first-order valence-electron chi connectivity index (χ1n) is 7.00. The second kappa shape index (κ2) is 6.17. The van der Waals surface area contributed by atoms with E-state index >= 15 is 0 Å². The van der Waals surface area contributed by atoms with E-state index in [0.29, 0.717) is 28.7 Å². The SMILES string of the molecule is CCCS(=O)(=O)Nc1nc(-c2ccc3c(c2)NC(=O)CO3)cs1. The fraction of sp³-hybridized carbons (Fsp3) is 0.286. The normalized spacial score (nSPS) is 13.9. The van der Waals surface area contributed by atoms with Crippen LogP contribution in [-0.2, 0) is 14.8 Å². The Hall–Kier alpha value is -2.13. The van der Waals surface area contributed by atoms with E-state index in [2.05, 4.69) is 15.0 Å². The summed E-state index contributed by atoms with van der Waals surface area (Å²) in [6.45, 7) is 1.81. The van der Waals surface area contributed by atoms with Crippen molar-refractivity contribution in [3.8, 4) is 17.0 Å². The number of hydrogen-bond donors (Lipinski definition) is 2. The highest BCUT2D eigenvalue weighted by atomic mass is 32.2. The van der Waals surface area contributed by atoms with Gasteiger partial charge in [0.2, 0.25) is 10.0 Å². The average Bonchev–Trinajstić information content (AvgIpc) is 2.94. The zero-order chi connectivity index (χ0) is 16.4. The molecule has 0 spiro atoms. The number of nitrogens with zero attached hydrogens (tertiary/aromatic N) is 1. The molecule has 0 radical (unpaired) electrons. The van der Waals surface area contributed by atoms with Crippen molar-refractivity contribution in [3.63, 3.8) is 0 Å². The van der Waals surface area contributed by atoms with E-state index in [4.69, 9.17) is 4.74 Å². The van der Waals surface area contributed by atoms with Crippen molar-refractivity contribution < 1.29 is 17.9 Å². The van der Waals surface area contributed by atoms with Crippen molar-refractivity contribution in [1.82, 2.24) is 4.98 Å². The molecule has 0 unspecified atom stereocenters. The number of sulfonamides is 1. The second-order valence-corrected chi connectivity index (χ2v) is 7.71. The summed E-state index contributed by atoms with van der Waals surface area (Å²) in [5, 5.41) is 4.82. The van der Waals surface area contributed by atoms with E-state index in [1.165, 1.54) is 11.3 Å². The maximum Gasteiger partial charge on any atom is 0.262 e. The Kier molecular flexibility index (Phi) is 4.22. The lowest BCUT2D eigenvalue weighted by Crippen LogP contribution is -2.25. The van der Waals surface area contributed by atoms with Gasteiger partial charge in [0.25, 0.3) is 5.91 Å². The third kappa shape index (κ3) is 3.62. The molecule has 0 bridgehead atoms. The van der Waals surface area contributed by atoms with Crippen LogP contribution in [0.25, 0.3) is 11.3 Å². The maximum atomic E-state index is 11.8. The van der Waals surface area contributed by atoms with Crippen LogP contribution in [0.15, 0.2) is 23.6 Å². The smallest absolute Gasteiger partial charge is 0.262 e. The van der Waals surface area contributed by atoms with Crippen LogP contribution in [0.5, 0.6) is 5.75 Å². The molecule has 122 valence electrons. The predicted molar refractivity (Wildman–Crippen MR) is 89.4 cm³/mol. The molecule has 1 aromatic heterocycles. The number of thiazole rings is 1. The summed E-state index contributed by atoms with van der Waals surface area (Å²) < 4.78 is 31.3. The number of aromatic nitrogens is 1. The lowest BCUT2D eigenvalue weighted by molar-refractivity contribution is -0.118. The van der Waals surface area contributed by atoms with Gasteiger partial charge < -0.3 is 10.1 Å². The minimum Gasteiger partial charge on any atom is -0.482 e. The first-order valence-corrected chi connectivity index (χ1v) is 9.53. The van der Waals surface area contributed by atoms with Crippen LogP contribution in [0.2, 0.25) is 0 Å². The monoisotopic (exact) mass is 353 g/mol. The largest absolute Gasteiger partial charge is 0.482 e. The molecule has 3 rings (SSSR count). The van der Waals surface area contributed by atoms with Gasteiger partial charge in [-0.3, -0.25) is 9.52 Å². The highest BCUT2D eigenvalue weighted by Crippen LogP contribution is 2.33. The standard InChI is InChI=1S/C14H15N3O4S2/c1-2-5-23(19,20)17-14-16-11(8-22-14)9-3-4-12-10(6-9)15-13(18)7-21-12/h3-4,6,8H,2,5,7H2,1H3,(H,15,18)(H,16,17). The van der Waals surface area contributed by atoms with E-state index < -0.39 is 10.0 Å². The van der Waals surface area contributed by atoms with E-state index in [0.717, 1.165) is 5.56 Å². The number of rotatable bonds is 5. The van der Waals surface area contributed by atoms with Gasteiger partial charge in [0.15, 0.2) is 11.7 Å². The van der Waals surface area contributed by atoms with Gasteiger partial charge in [0, 0.05) is 10.9 Å². The van der Waals surface area contributed by atoms with Crippen LogP contribution in [0, 0.1) is 0 Å². The third-order valence-electron chi connectivity index (χ3n) is 3.13. The first-order chi connectivity index (χ1) is 11.0. The van der Waals surface area contributed by atoms with E-state index in [-0.39, 0.29) is 18.3 Å². The van der Waals surface area contributed by atoms with Crippen molar-refractivity contribution in [2.75, 3.05) is 22.4 Å². The summed E-state index contributed by atoms with van der Waals surface area (Å²) in [5.41, 5.74) is 1.98. The Morgan fingerprint density at radius 2 is 2.26 bits per heavy atom. The Morgan fingerprint density at radius 1 is 1.43 bits per heavy atom. The molecule has 9 heteroatoms. The number of amides is 1. The lowest BCUT2D eigenvalue weighted by Gasteiger charge is -2.18. The zero-order valence-corrected chi connectivity index (χ0v) is 14.0. The Bertz CT molecular complexity index is 845. The Balaban J connectivity index is 1.83. The summed E-state index contributed by atoms with van der Waals surface area (Å²) in [6, 6.07) is 5.33. The molecule has 0 atom stereocenters. The second-order valence-electron chi connectivity index (χ2n) is 5.01. The van der Waals surface area contributed by atoms with Crippen LogP contribution in [0.3, 0.4) is 0 Å². The fourth-order valence-electron chi connectivity index (χ4n) is 2.15. The van der Waals surface area contributed by atoms with Crippen molar-refractivity contribution in [3.05, 3.63) is 23.6 Å². The molecular weight excluding hydrogens is 338 g/mol. The highest BCUT2D eigenvalue weighted by molar-refractivity contribution is 7.92. The molecule has 0 fully saturated rings. The van der Waals surface area contributed by atoms with Crippen molar-refractivity contribution >= 4 is 38.1 Å². The van der Waals surface area contributed by atoms with Gasteiger partial charge >= 0.3 is 0 Å². The molecule has 2 aromatic rings. The minimum atomic E-state index is -3.35. The Labute approximate surface area is 137 Å². The fourth-order valence-corrected chi connectivity index (χ4v) is 4.24. The van der Waals surface area contributed by atoms with Crippen LogP contribution in [0.4, 0.5) is 10.8 Å². The number of carbonyl (C=O) groups is 1. The summed E-state index contributed by atoms with van der Waals surface area (Å²) >= 11 is 1.22. The van der Waals surface area contributed by atoms with Gasteiger partial charge in [-0.1, -0.05) is 6.92 Å². The quantitative estimate of drug-likeness (QED) is 0.859. The molecule has 7 nitrogen and oxygen atoms in total. The molecule has 1 aliphatic rings. The molecule has 2 heterocycles. The molecular formula is C14H15N3O4S2. The number of ether oxygens (including phenoxy) is 1. The molecule has 1 aliphatic heterocycles. The molecule has 0 aliphatic carbocycles. The average molecular weight is 353 g/mol. The van der Waals surface area contributed by atoms with Crippen LogP contribution in [0.1, 0.15) is 13.3 Å². The van der Waals surface area contributed by atoms with Crippen molar-refractivity contribution in [2.45, 2.75) is 13.3 Å². The topological polar surface area (TPSA) is 97.4 Å². The predicted octanol–water partition coefficient (Wildman–Crippen LogP) is 2.29. The molecule has 2 N–H and O–H groups in total.